The topological polar surface area (TPSA) is 52.9 Å². The maximum Gasteiger partial charge on any atom is 0.261 e. The van der Waals surface area contributed by atoms with Crippen molar-refractivity contribution >= 4 is 12.0 Å². The van der Waals surface area contributed by atoms with Gasteiger partial charge in [0.05, 0.1) is 0 Å². The molecule has 3 heteroatoms. The lowest BCUT2D eigenvalue weighted by atomic mass is 10.0. The van der Waals surface area contributed by atoms with E-state index in [2.05, 4.69) is 12.2 Å². The Labute approximate surface area is 137 Å². The van der Waals surface area contributed by atoms with Gasteiger partial charge in [-0.25, -0.2) is 0 Å². The molecule has 0 fully saturated rings. The van der Waals surface area contributed by atoms with Crippen LogP contribution in [0, 0.1) is 11.3 Å². The van der Waals surface area contributed by atoms with E-state index in [1.54, 1.807) is 6.08 Å². The van der Waals surface area contributed by atoms with Gasteiger partial charge in [0.2, 0.25) is 0 Å². The van der Waals surface area contributed by atoms with Crippen LogP contribution >= 0.6 is 0 Å². The Kier molecular flexibility index (Phi) is 6.14. The normalized spacial score (nSPS) is 10.9. The van der Waals surface area contributed by atoms with Crippen molar-refractivity contribution in [2.75, 3.05) is 6.54 Å². The van der Waals surface area contributed by atoms with E-state index in [0.29, 0.717) is 6.54 Å². The van der Waals surface area contributed by atoms with E-state index in [9.17, 15) is 4.79 Å². The standard InChI is InChI=1S/C20H20N2O/c1-2-3-13-22-20(23)19(15-21)14-16-9-11-18(12-10-16)17-7-5-4-6-8-17/h4-12,14H,2-3,13H2,1H3,(H,22,23)/b19-14+. The summed E-state index contributed by atoms with van der Waals surface area (Å²) < 4.78 is 0. The minimum absolute atomic E-state index is 0.133. The first kappa shape index (κ1) is 16.5. The largest absolute Gasteiger partial charge is 0.351 e. The maximum absolute atomic E-state index is 11.9. The molecule has 0 aliphatic rings. The molecule has 3 nitrogen and oxygen atoms in total. The zero-order valence-electron chi connectivity index (χ0n) is 13.3. The van der Waals surface area contributed by atoms with Crippen LogP contribution in [0.5, 0.6) is 0 Å². The Morgan fingerprint density at radius 2 is 1.74 bits per heavy atom. The molecule has 116 valence electrons. The molecule has 0 aliphatic carbocycles. The predicted molar refractivity (Wildman–Crippen MR) is 93.4 cm³/mol. The van der Waals surface area contributed by atoms with Crippen LogP contribution in [0.25, 0.3) is 17.2 Å². The average molecular weight is 304 g/mol. The zero-order valence-corrected chi connectivity index (χ0v) is 13.3. The van der Waals surface area contributed by atoms with Crippen LogP contribution in [0.15, 0.2) is 60.2 Å². The smallest absolute Gasteiger partial charge is 0.261 e. The van der Waals surface area contributed by atoms with Crippen LogP contribution in [0.1, 0.15) is 25.3 Å². The van der Waals surface area contributed by atoms with Crippen LogP contribution < -0.4 is 5.32 Å². The highest BCUT2D eigenvalue weighted by atomic mass is 16.1. The number of amides is 1. The van der Waals surface area contributed by atoms with Crippen LogP contribution in [0.4, 0.5) is 0 Å². The molecule has 0 saturated heterocycles. The Balaban J connectivity index is 2.11. The summed E-state index contributed by atoms with van der Waals surface area (Å²) in [5.74, 6) is -0.312. The third-order valence-corrected chi connectivity index (χ3v) is 3.51. The van der Waals surface area contributed by atoms with Crippen molar-refractivity contribution in [2.45, 2.75) is 19.8 Å². The number of carbonyl (C=O) groups is 1. The molecule has 0 saturated carbocycles. The number of nitriles is 1. The molecule has 2 rings (SSSR count). The van der Waals surface area contributed by atoms with Gasteiger partial charge in [-0.3, -0.25) is 4.79 Å². The van der Waals surface area contributed by atoms with Crippen LogP contribution in [0.3, 0.4) is 0 Å². The number of carbonyl (C=O) groups excluding carboxylic acids is 1. The molecule has 23 heavy (non-hydrogen) atoms. The Morgan fingerprint density at radius 3 is 2.35 bits per heavy atom. The van der Waals surface area contributed by atoms with E-state index in [1.165, 1.54) is 0 Å². The molecule has 0 spiro atoms. The number of hydrogen-bond donors (Lipinski definition) is 1. The number of nitrogens with zero attached hydrogens (tertiary/aromatic N) is 1. The molecule has 2 aromatic carbocycles. The fourth-order valence-electron chi connectivity index (χ4n) is 2.19. The summed E-state index contributed by atoms with van der Waals surface area (Å²) in [5, 5.41) is 11.9. The van der Waals surface area contributed by atoms with Crippen molar-refractivity contribution in [3.63, 3.8) is 0 Å². The summed E-state index contributed by atoms with van der Waals surface area (Å²) in [4.78, 5) is 11.9. The van der Waals surface area contributed by atoms with Gasteiger partial charge in [0, 0.05) is 6.54 Å². The van der Waals surface area contributed by atoms with Crippen LogP contribution in [-0.4, -0.2) is 12.5 Å². The van der Waals surface area contributed by atoms with Gasteiger partial charge < -0.3 is 5.32 Å². The molecule has 0 aliphatic heterocycles. The highest BCUT2D eigenvalue weighted by molar-refractivity contribution is 6.01. The number of unbranched alkanes of at least 4 members (excludes halogenated alkanes) is 1. The number of benzene rings is 2. The minimum Gasteiger partial charge on any atom is -0.351 e. The number of hydrogen-bond acceptors (Lipinski definition) is 2. The summed E-state index contributed by atoms with van der Waals surface area (Å²) in [6.45, 7) is 2.66. The highest BCUT2D eigenvalue weighted by Gasteiger charge is 2.08. The van der Waals surface area contributed by atoms with Gasteiger partial charge in [-0.2, -0.15) is 5.26 Å². The van der Waals surface area contributed by atoms with Gasteiger partial charge in [-0.05, 0) is 29.2 Å². The van der Waals surface area contributed by atoms with Crippen LogP contribution in [0.2, 0.25) is 0 Å². The zero-order chi connectivity index (χ0) is 16.5. The third kappa shape index (κ3) is 4.82. The molecule has 1 amide bonds. The van der Waals surface area contributed by atoms with Crippen molar-refractivity contribution in [1.82, 2.24) is 5.32 Å². The van der Waals surface area contributed by atoms with Gasteiger partial charge >= 0.3 is 0 Å². The lowest BCUT2D eigenvalue weighted by molar-refractivity contribution is -0.117. The number of rotatable bonds is 6. The van der Waals surface area contributed by atoms with Gasteiger partial charge in [-0.15, -0.1) is 0 Å². The van der Waals surface area contributed by atoms with E-state index in [0.717, 1.165) is 29.5 Å². The van der Waals surface area contributed by atoms with Gasteiger partial charge in [0.1, 0.15) is 11.6 Å². The Bertz CT molecular complexity index is 710. The van der Waals surface area contributed by atoms with Crippen molar-refractivity contribution in [2.24, 2.45) is 0 Å². The molecule has 0 atom stereocenters. The maximum atomic E-state index is 11.9. The average Bonchev–Trinajstić information content (AvgIpc) is 2.61. The molecule has 0 radical (unpaired) electrons. The lowest BCUT2D eigenvalue weighted by Gasteiger charge is -2.04. The number of nitrogens with one attached hydrogen (secondary N) is 1. The SMILES string of the molecule is CCCCNC(=O)/C(C#N)=C/c1ccc(-c2ccccc2)cc1. The van der Waals surface area contributed by atoms with E-state index >= 15 is 0 Å². The van der Waals surface area contributed by atoms with Crippen molar-refractivity contribution in [1.29, 1.82) is 5.26 Å². The second-order valence-electron chi connectivity index (χ2n) is 5.27. The first-order chi connectivity index (χ1) is 11.2. The second kappa shape index (κ2) is 8.55. The van der Waals surface area contributed by atoms with Crippen molar-refractivity contribution in [3.05, 3.63) is 65.7 Å². The monoisotopic (exact) mass is 304 g/mol. The molecule has 0 heterocycles. The first-order valence-electron chi connectivity index (χ1n) is 7.80. The summed E-state index contributed by atoms with van der Waals surface area (Å²) >= 11 is 0. The molecular weight excluding hydrogens is 284 g/mol. The van der Waals surface area contributed by atoms with E-state index in [4.69, 9.17) is 5.26 Å². The molecule has 0 aromatic heterocycles. The minimum atomic E-state index is -0.312. The Hall–Kier alpha value is -2.86. The highest BCUT2D eigenvalue weighted by Crippen LogP contribution is 2.20. The van der Waals surface area contributed by atoms with Gasteiger partial charge in [0.15, 0.2) is 0 Å². The molecule has 1 N–H and O–H groups in total. The fraction of sp³-hybridized carbons (Fsp3) is 0.200. The first-order valence-corrected chi connectivity index (χ1v) is 7.80. The predicted octanol–water partition coefficient (Wildman–Crippen LogP) is 4.18. The van der Waals surface area contributed by atoms with Gasteiger partial charge in [-0.1, -0.05) is 67.9 Å². The van der Waals surface area contributed by atoms with Crippen molar-refractivity contribution in [3.8, 4) is 17.2 Å². The quantitative estimate of drug-likeness (QED) is 0.494. The summed E-state index contributed by atoms with van der Waals surface area (Å²) in [6, 6.07) is 19.9. The van der Waals surface area contributed by atoms with Crippen LogP contribution in [-0.2, 0) is 4.79 Å². The Morgan fingerprint density at radius 1 is 1.09 bits per heavy atom. The van der Waals surface area contributed by atoms with E-state index in [1.807, 2.05) is 60.7 Å². The lowest BCUT2D eigenvalue weighted by Crippen LogP contribution is -2.25. The molecule has 0 bridgehead atoms. The van der Waals surface area contributed by atoms with E-state index in [-0.39, 0.29) is 11.5 Å². The molecule has 0 unspecified atom stereocenters. The second-order valence-corrected chi connectivity index (χ2v) is 5.27. The summed E-state index contributed by atoms with van der Waals surface area (Å²) in [7, 11) is 0. The van der Waals surface area contributed by atoms with Crippen molar-refractivity contribution < 1.29 is 4.79 Å². The third-order valence-electron chi connectivity index (χ3n) is 3.51. The van der Waals surface area contributed by atoms with E-state index < -0.39 is 0 Å². The summed E-state index contributed by atoms with van der Waals surface area (Å²) in [6.07, 6.45) is 3.54. The molecular formula is C20H20N2O. The molecule has 2 aromatic rings. The van der Waals surface area contributed by atoms with Gasteiger partial charge in [0.25, 0.3) is 5.91 Å². The summed E-state index contributed by atoms with van der Waals surface area (Å²) in [5.41, 5.74) is 3.22. The fourth-order valence-corrected chi connectivity index (χ4v) is 2.19.